The van der Waals surface area contributed by atoms with E-state index in [-0.39, 0.29) is 43.2 Å². The van der Waals surface area contributed by atoms with Crippen molar-refractivity contribution in [2.24, 2.45) is 0 Å². The minimum Gasteiger partial charge on any atom is -0.358 e. The number of hydrogen-bond donors (Lipinski definition) is 0. The van der Waals surface area contributed by atoms with Gasteiger partial charge in [-0.05, 0) is 24.3 Å². The number of halogens is 4. The molecule has 2 aromatic rings. The standard InChI is InChI=1S/C17H14ClF3N4O6S/c18-12-1-3-13(4-2-12)32(30,31)23-7-5-22(6-8-23)16-14(24(26)27)9-11(17(19,20)21)10-15(16)25(28)29/h1-4,9-10H,5-8H2. The summed E-state index contributed by atoms with van der Waals surface area (Å²) in [5, 5.41) is 23.2. The molecule has 0 aliphatic carbocycles. The second-order valence-electron chi connectivity index (χ2n) is 6.72. The highest BCUT2D eigenvalue weighted by molar-refractivity contribution is 7.89. The molecule has 1 fully saturated rings. The zero-order valence-corrected chi connectivity index (χ0v) is 17.5. The summed E-state index contributed by atoms with van der Waals surface area (Å²) in [6.45, 7) is -0.805. The highest BCUT2D eigenvalue weighted by Crippen LogP contribution is 2.43. The van der Waals surface area contributed by atoms with Crippen LogP contribution in [0.2, 0.25) is 5.02 Å². The third kappa shape index (κ3) is 4.61. The maximum atomic E-state index is 13.1. The third-order valence-corrected chi connectivity index (χ3v) is 6.96. The number of sulfonamides is 1. The van der Waals surface area contributed by atoms with Crippen LogP contribution in [0.25, 0.3) is 0 Å². The SMILES string of the molecule is O=[N+]([O-])c1cc(C(F)(F)F)cc([N+](=O)[O-])c1N1CCN(S(=O)(=O)c2ccc(Cl)cc2)CC1. The molecule has 0 saturated carbocycles. The van der Waals surface area contributed by atoms with Gasteiger partial charge >= 0.3 is 6.18 Å². The number of nitrogens with zero attached hydrogens (tertiary/aromatic N) is 4. The van der Waals surface area contributed by atoms with Gasteiger partial charge in [0, 0.05) is 43.3 Å². The molecular weight excluding hydrogens is 481 g/mol. The molecule has 0 N–H and O–H groups in total. The average molecular weight is 495 g/mol. The molecule has 0 aromatic heterocycles. The number of alkyl halides is 3. The molecule has 172 valence electrons. The second-order valence-corrected chi connectivity index (χ2v) is 9.09. The molecule has 0 bridgehead atoms. The van der Waals surface area contributed by atoms with Crippen LogP contribution < -0.4 is 4.90 Å². The van der Waals surface area contributed by atoms with Gasteiger partial charge in [-0.1, -0.05) is 11.6 Å². The first-order chi connectivity index (χ1) is 14.8. The monoisotopic (exact) mass is 494 g/mol. The van der Waals surface area contributed by atoms with Crippen molar-refractivity contribution in [3.8, 4) is 0 Å². The first kappa shape index (κ1) is 23.7. The maximum Gasteiger partial charge on any atom is 0.416 e. The lowest BCUT2D eigenvalue weighted by Gasteiger charge is -2.34. The van der Waals surface area contributed by atoms with Gasteiger partial charge in [-0.2, -0.15) is 17.5 Å². The molecule has 1 heterocycles. The van der Waals surface area contributed by atoms with Crippen LogP contribution in [0.15, 0.2) is 41.3 Å². The minimum absolute atomic E-state index is 0.0400. The fraction of sp³-hybridized carbons (Fsp3) is 0.294. The van der Waals surface area contributed by atoms with Gasteiger partial charge in [0.2, 0.25) is 10.0 Å². The van der Waals surface area contributed by atoms with E-state index in [4.69, 9.17) is 11.6 Å². The van der Waals surface area contributed by atoms with Crippen LogP contribution in [0.1, 0.15) is 5.56 Å². The van der Waals surface area contributed by atoms with Gasteiger partial charge in [0.15, 0.2) is 5.69 Å². The largest absolute Gasteiger partial charge is 0.416 e. The summed E-state index contributed by atoms with van der Waals surface area (Å²) in [6.07, 6.45) is -5.03. The molecule has 10 nitrogen and oxygen atoms in total. The van der Waals surface area contributed by atoms with E-state index in [0.717, 1.165) is 9.21 Å². The second kappa shape index (κ2) is 8.52. The van der Waals surface area contributed by atoms with Gasteiger partial charge < -0.3 is 4.90 Å². The normalized spacial score (nSPS) is 15.6. The topological polar surface area (TPSA) is 127 Å². The van der Waals surface area contributed by atoms with Gasteiger partial charge in [-0.3, -0.25) is 20.2 Å². The summed E-state index contributed by atoms with van der Waals surface area (Å²) >= 11 is 5.76. The van der Waals surface area contributed by atoms with Crippen molar-refractivity contribution in [1.29, 1.82) is 0 Å². The van der Waals surface area contributed by atoms with Crippen molar-refractivity contribution in [2.75, 3.05) is 31.1 Å². The Bertz CT molecular complexity index is 1130. The number of rotatable bonds is 5. The summed E-state index contributed by atoms with van der Waals surface area (Å²) < 4.78 is 65.8. The van der Waals surface area contributed by atoms with Crippen molar-refractivity contribution in [1.82, 2.24) is 4.31 Å². The maximum absolute atomic E-state index is 13.1. The van der Waals surface area contributed by atoms with Gasteiger partial charge in [-0.25, -0.2) is 8.42 Å². The lowest BCUT2D eigenvalue weighted by Crippen LogP contribution is -2.49. The van der Waals surface area contributed by atoms with Crippen LogP contribution in [0, 0.1) is 20.2 Å². The Morgan fingerprint density at radius 1 is 0.906 bits per heavy atom. The van der Waals surface area contributed by atoms with Crippen LogP contribution in [0.3, 0.4) is 0 Å². The Morgan fingerprint density at radius 3 is 1.78 bits per heavy atom. The molecule has 1 aliphatic rings. The van der Waals surface area contributed by atoms with E-state index < -0.39 is 48.7 Å². The summed E-state index contributed by atoms with van der Waals surface area (Å²) in [6, 6.07) is 5.85. The van der Waals surface area contributed by atoms with Crippen LogP contribution in [-0.4, -0.2) is 48.7 Å². The highest BCUT2D eigenvalue weighted by atomic mass is 35.5. The quantitative estimate of drug-likeness (QED) is 0.458. The van der Waals surface area contributed by atoms with Crippen molar-refractivity contribution >= 4 is 38.7 Å². The zero-order valence-electron chi connectivity index (χ0n) is 16.0. The minimum atomic E-state index is -5.03. The van der Waals surface area contributed by atoms with Gasteiger partial charge in [0.25, 0.3) is 11.4 Å². The third-order valence-electron chi connectivity index (χ3n) is 4.80. The number of nitro benzene ring substituents is 2. The first-order valence-corrected chi connectivity index (χ1v) is 10.7. The number of piperazine rings is 1. The molecule has 0 spiro atoms. The van der Waals surface area contributed by atoms with Crippen molar-refractivity contribution in [3.05, 3.63) is 67.2 Å². The summed E-state index contributed by atoms with van der Waals surface area (Å²) in [5.41, 5.74) is -4.29. The Hall–Kier alpha value is -2.97. The van der Waals surface area contributed by atoms with Crippen molar-refractivity contribution < 1.29 is 31.4 Å². The Kier molecular flexibility index (Phi) is 6.31. The van der Waals surface area contributed by atoms with Crippen LogP contribution in [-0.2, 0) is 16.2 Å². The van der Waals surface area contributed by atoms with Crippen LogP contribution >= 0.6 is 11.6 Å². The molecule has 0 atom stereocenters. The van der Waals surface area contributed by atoms with E-state index in [1.165, 1.54) is 24.3 Å². The fourth-order valence-electron chi connectivity index (χ4n) is 3.28. The fourth-order valence-corrected chi connectivity index (χ4v) is 4.83. The Labute approximate surface area is 184 Å². The molecule has 1 saturated heterocycles. The Morgan fingerprint density at radius 2 is 1.38 bits per heavy atom. The lowest BCUT2D eigenvalue weighted by atomic mass is 10.1. The summed E-state index contributed by atoms with van der Waals surface area (Å²) in [4.78, 5) is 21.7. The number of benzene rings is 2. The summed E-state index contributed by atoms with van der Waals surface area (Å²) in [7, 11) is -3.93. The van der Waals surface area contributed by atoms with E-state index in [0.29, 0.717) is 5.02 Å². The predicted octanol–water partition coefficient (Wildman–Crippen LogP) is 3.69. The lowest BCUT2D eigenvalue weighted by molar-refractivity contribution is -0.393. The Balaban J connectivity index is 1.94. The van der Waals surface area contributed by atoms with Crippen LogP contribution in [0.4, 0.5) is 30.2 Å². The molecule has 15 heteroatoms. The molecular formula is C17H14ClF3N4O6S. The van der Waals surface area contributed by atoms with Crippen LogP contribution in [0.5, 0.6) is 0 Å². The number of nitro groups is 2. The predicted molar refractivity (Wildman–Crippen MR) is 107 cm³/mol. The van der Waals surface area contributed by atoms with E-state index in [1.54, 1.807) is 0 Å². The first-order valence-electron chi connectivity index (χ1n) is 8.87. The van der Waals surface area contributed by atoms with Gasteiger partial charge in [-0.15, -0.1) is 0 Å². The average Bonchev–Trinajstić information content (AvgIpc) is 2.72. The molecule has 1 aliphatic heterocycles. The molecule has 0 radical (unpaired) electrons. The van der Waals surface area contributed by atoms with E-state index in [2.05, 4.69) is 0 Å². The van der Waals surface area contributed by atoms with Gasteiger partial charge in [0.1, 0.15) is 0 Å². The van der Waals surface area contributed by atoms with E-state index in [1.807, 2.05) is 0 Å². The molecule has 3 rings (SSSR count). The zero-order chi connectivity index (χ0) is 23.8. The number of anilines is 1. The number of hydrogen-bond acceptors (Lipinski definition) is 7. The molecule has 0 amide bonds. The highest BCUT2D eigenvalue weighted by Gasteiger charge is 2.40. The molecule has 0 unspecified atom stereocenters. The summed E-state index contributed by atoms with van der Waals surface area (Å²) in [5.74, 6) is 0. The van der Waals surface area contributed by atoms with Gasteiger partial charge in [0.05, 0.1) is 20.3 Å². The van der Waals surface area contributed by atoms with Crippen molar-refractivity contribution in [3.63, 3.8) is 0 Å². The van der Waals surface area contributed by atoms with E-state index in [9.17, 15) is 41.8 Å². The molecule has 2 aromatic carbocycles. The van der Waals surface area contributed by atoms with E-state index >= 15 is 0 Å². The molecule has 32 heavy (non-hydrogen) atoms. The van der Waals surface area contributed by atoms with Crippen molar-refractivity contribution in [2.45, 2.75) is 11.1 Å². The smallest absolute Gasteiger partial charge is 0.358 e.